The molecule has 0 radical (unpaired) electrons. The monoisotopic (exact) mass is 319 g/mol. The minimum atomic E-state index is -0.387. The number of carbonyl (C=O) groups excluding carboxylic acids is 2. The van der Waals surface area contributed by atoms with Crippen molar-refractivity contribution in [2.24, 2.45) is 0 Å². The van der Waals surface area contributed by atoms with Crippen LogP contribution in [0, 0.1) is 0 Å². The summed E-state index contributed by atoms with van der Waals surface area (Å²) in [5.41, 5.74) is 0.684. The molecule has 1 aromatic carbocycles. The van der Waals surface area contributed by atoms with Crippen molar-refractivity contribution in [2.45, 2.75) is 45.2 Å². The second-order valence-electron chi connectivity index (χ2n) is 5.83. The number of nitrogens with one attached hydrogen (secondary N) is 2. The van der Waals surface area contributed by atoms with E-state index in [1.807, 2.05) is 13.8 Å². The van der Waals surface area contributed by atoms with Crippen LogP contribution >= 0.6 is 0 Å². The van der Waals surface area contributed by atoms with Crippen LogP contribution in [0.3, 0.4) is 0 Å². The summed E-state index contributed by atoms with van der Waals surface area (Å²) in [6.45, 7) is 4.59. The predicted molar refractivity (Wildman–Crippen MR) is 89.6 cm³/mol. The van der Waals surface area contributed by atoms with E-state index in [1.54, 1.807) is 36.3 Å². The van der Waals surface area contributed by atoms with Gasteiger partial charge in [0.15, 0.2) is 0 Å². The molecule has 1 saturated heterocycles. The second kappa shape index (κ2) is 7.85. The smallest absolute Gasteiger partial charge is 0.322 e. The van der Waals surface area contributed by atoms with Crippen molar-refractivity contribution in [3.05, 3.63) is 24.3 Å². The zero-order valence-electron chi connectivity index (χ0n) is 14.0. The highest BCUT2D eigenvalue weighted by atomic mass is 16.5. The number of carbonyl (C=O) groups is 2. The molecule has 2 atom stereocenters. The molecule has 1 fully saturated rings. The number of anilines is 1. The first kappa shape index (κ1) is 17.1. The quantitative estimate of drug-likeness (QED) is 0.876. The number of likely N-dealkylation sites (tertiary alicyclic amines) is 1. The molecule has 3 amide bonds. The Labute approximate surface area is 137 Å². The summed E-state index contributed by atoms with van der Waals surface area (Å²) in [4.78, 5) is 26.4. The standard InChI is InChI=1S/C17H25N3O3/c1-4-12(2)18-16(21)15-6-5-11-20(15)17(22)19-13-7-9-14(23-3)10-8-13/h7-10,12,15H,4-6,11H2,1-3H3,(H,18,21)(H,19,22)/t12-,15-/m0/s1. The Morgan fingerprint density at radius 3 is 2.65 bits per heavy atom. The van der Waals surface area contributed by atoms with Gasteiger partial charge in [-0.1, -0.05) is 6.92 Å². The van der Waals surface area contributed by atoms with E-state index >= 15 is 0 Å². The maximum Gasteiger partial charge on any atom is 0.322 e. The maximum atomic E-state index is 12.4. The van der Waals surface area contributed by atoms with E-state index in [9.17, 15) is 9.59 Å². The van der Waals surface area contributed by atoms with E-state index in [4.69, 9.17) is 4.74 Å². The Morgan fingerprint density at radius 2 is 2.04 bits per heavy atom. The third kappa shape index (κ3) is 4.37. The predicted octanol–water partition coefficient (Wildman–Crippen LogP) is 2.61. The van der Waals surface area contributed by atoms with Gasteiger partial charge in [-0.2, -0.15) is 0 Å². The number of urea groups is 1. The first-order valence-corrected chi connectivity index (χ1v) is 8.07. The third-order valence-electron chi connectivity index (χ3n) is 4.16. The largest absolute Gasteiger partial charge is 0.497 e. The van der Waals surface area contributed by atoms with Crippen molar-refractivity contribution >= 4 is 17.6 Å². The van der Waals surface area contributed by atoms with Crippen molar-refractivity contribution in [1.82, 2.24) is 10.2 Å². The number of hydrogen-bond donors (Lipinski definition) is 2. The summed E-state index contributed by atoms with van der Waals surface area (Å²) < 4.78 is 5.09. The first-order chi connectivity index (χ1) is 11.0. The summed E-state index contributed by atoms with van der Waals surface area (Å²) in [5, 5.41) is 5.80. The first-order valence-electron chi connectivity index (χ1n) is 8.07. The number of ether oxygens (including phenoxy) is 1. The molecule has 0 saturated carbocycles. The zero-order valence-corrected chi connectivity index (χ0v) is 14.0. The molecule has 1 aliphatic rings. The Bertz CT molecular complexity index is 545. The molecule has 23 heavy (non-hydrogen) atoms. The summed E-state index contributed by atoms with van der Waals surface area (Å²) >= 11 is 0. The number of hydrogen-bond acceptors (Lipinski definition) is 3. The van der Waals surface area contributed by atoms with E-state index in [0.29, 0.717) is 18.7 Å². The zero-order chi connectivity index (χ0) is 16.8. The van der Waals surface area contributed by atoms with Gasteiger partial charge in [0.2, 0.25) is 5.91 Å². The molecule has 0 spiro atoms. The van der Waals surface area contributed by atoms with Gasteiger partial charge in [0.1, 0.15) is 11.8 Å². The van der Waals surface area contributed by atoms with Crippen LogP contribution in [0.5, 0.6) is 5.75 Å². The highest BCUT2D eigenvalue weighted by molar-refractivity contribution is 5.94. The molecule has 6 heteroatoms. The molecule has 0 aromatic heterocycles. The van der Waals surface area contributed by atoms with Crippen molar-refractivity contribution in [3.63, 3.8) is 0 Å². The summed E-state index contributed by atoms with van der Waals surface area (Å²) in [6, 6.07) is 6.62. The van der Waals surface area contributed by atoms with Gasteiger partial charge in [-0.15, -0.1) is 0 Å². The molecule has 2 N–H and O–H groups in total. The molecule has 1 heterocycles. The van der Waals surface area contributed by atoms with Gasteiger partial charge < -0.3 is 20.3 Å². The number of benzene rings is 1. The summed E-state index contributed by atoms with van der Waals surface area (Å²) in [5.74, 6) is 0.664. The number of rotatable bonds is 5. The highest BCUT2D eigenvalue weighted by Crippen LogP contribution is 2.20. The topological polar surface area (TPSA) is 70.7 Å². The van der Waals surface area contributed by atoms with Crippen LogP contribution < -0.4 is 15.4 Å². The summed E-state index contributed by atoms with van der Waals surface area (Å²) in [6.07, 6.45) is 2.42. The lowest BCUT2D eigenvalue weighted by Gasteiger charge is -2.25. The average molecular weight is 319 g/mol. The van der Waals surface area contributed by atoms with Gasteiger partial charge in [-0.25, -0.2) is 4.79 Å². The SMILES string of the molecule is CC[C@H](C)NC(=O)[C@@H]1CCCN1C(=O)Nc1ccc(OC)cc1. The molecule has 0 bridgehead atoms. The number of nitrogens with zero attached hydrogens (tertiary/aromatic N) is 1. The molecule has 1 aromatic rings. The number of amides is 3. The van der Waals surface area contributed by atoms with Crippen LogP contribution in [0.15, 0.2) is 24.3 Å². The van der Waals surface area contributed by atoms with Crippen LogP contribution in [0.2, 0.25) is 0 Å². The fourth-order valence-corrected chi connectivity index (χ4v) is 2.59. The Hall–Kier alpha value is -2.24. The van der Waals surface area contributed by atoms with Gasteiger partial charge in [-0.3, -0.25) is 4.79 Å². The van der Waals surface area contributed by atoms with Gasteiger partial charge in [-0.05, 0) is 50.5 Å². The van der Waals surface area contributed by atoms with E-state index in [0.717, 1.165) is 18.6 Å². The lowest BCUT2D eigenvalue weighted by molar-refractivity contribution is -0.125. The van der Waals surface area contributed by atoms with Crippen molar-refractivity contribution in [3.8, 4) is 5.75 Å². The Kier molecular flexibility index (Phi) is 5.84. The number of methoxy groups -OCH3 is 1. The highest BCUT2D eigenvalue weighted by Gasteiger charge is 2.34. The van der Waals surface area contributed by atoms with Gasteiger partial charge in [0, 0.05) is 18.3 Å². The van der Waals surface area contributed by atoms with Crippen LogP contribution in [-0.2, 0) is 4.79 Å². The minimum absolute atomic E-state index is 0.0678. The second-order valence-corrected chi connectivity index (χ2v) is 5.83. The molecule has 0 aliphatic carbocycles. The fraction of sp³-hybridized carbons (Fsp3) is 0.529. The van der Waals surface area contributed by atoms with E-state index < -0.39 is 0 Å². The third-order valence-corrected chi connectivity index (χ3v) is 4.16. The minimum Gasteiger partial charge on any atom is -0.497 e. The molecule has 126 valence electrons. The van der Waals surface area contributed by atoms with Crippen molar-refractivity contribution < 1.29 is 14.3 Å². The fourth-order valence-electron chi connectivity index (χ4n) is 2.59. The Morgan fingerprint density at radius 1 is 1.35 bits per heavy atom. The molecular weight excluding hydrogens is 294 g/mol. The van der Waals surface area contributed by atoms with Gasteiger partial charge >= 0.3 is 6.03 Å². The van der Waals surface area contributed by atoms with Crippen LogP contribution in [0.1, 0.15) is 33.1 Å². The van der Waals surface area contributed by atoms with Crippen LogP contribution in [-0.4, -0.2) is 42.6 Å². The normalized spacial score (nSPS) is 18.4. The molecule has 2 rings (SSSR count). The molecule has 0 unspecified atom stereocenters. The van der Waals surface area contributed by atoms with E-state index in [1.165, 1.54) is 0 Å². The maximum absolute atomic E-state index is 12.4. The lowest BCUT2D eigenvalue weighted by Crippen LogP contribution is -2.49. The van der Waals surface area contributed by atoms with Crippen LogP contribution in [0.4, 0.5) is 10.5 Å². The Balaban J connectivity index is 1.98. The molecule has 1 aliphatic heterocycles. The van der Waals surface area contributed by atoms with E-state index in [-0.39, 0.29) is 24.0 Å². The summed E-state index contributed by atoms with van der Waals surface area (Å²) in [7, 11) is 1.60. The molecular formula is C17H25N3O3. The van der Waals surface area contributed by atoms with E-state index in [2.05, 4.69) is 10.6 Å². The average Bonchev–Trinajstić information content (AvgIpc) is 3.05. The van der Waals surface area contributed by atoms with Crippen molar-refractivity contribution in [2.75, 3.05) is 19.0 Å². The van der Waals surface area contributed by atoms with Crippen LogP contribution in [0.25, 0.3) is 0 Å². The van der Waals surface area contributed by atoms with Crippen molar-refractivity contribution in [1.29, 1.82) is 0 Å². The molecule has 6 nitrogen and oxygen atoms in total. The van der Waals surface area contributed by atoms with Gasteiger partial charge in [0.05, 0.1) is 7.11 Å². The van der Waals surface area contributed by atoms with Gasteiger partial charge in [0.25, 0.3) is 0 Å². The lowest BCUT2D eigenvalue weighted by atomic mass is 10.2.